The van der Waals surface area contributed by atoms with Crippen molar-refractivity contribution in [2.45, 2.75) is 36.8 Å². The highest BCUT2D eigenvalue weighted by Gasteiger charge is 2.52. The smallest absolute Gasteiger partial charge is 0.416 e. The van der Waals surface area contributed by atoms with Crippen molar-refractivity contribution in [1.82, 2.24) is 9.88 Å². The molecule has 0 bridgehead atoms. The van der Waals surface area contributed by atoms with Crippen LogP contribution >= 0.6 is 0 Å². The van der Waals surface area contributed by atoms with Crippen LogP contribution in [0.2, 0.25) is 0 Å². The summed E-state index contributed by atoms with van der Waals surface area (Å²) in [4.78, 5) is 23.5. The number of alkyl halides is 6. The summed E-state index contributed by atoms with van der Waals surface area (Å²) in [5.41, 5.74) is -4.83. The van der Waals surface area contributed by atoms with Crippen LogP contribution < -0.4 is 9.80 Å². The number of halogens is 7. The van der Waals surface area contributed by atoms with E-state index in [4.69, 9.17) is 4.74 Å². The van der Waals surface area contributed by atoms with E-state index in [9.17, 15) is 45.7 Å². The van der Waals surface area contributed by atoms with Gasteiger partial charge in [-0.3, -0.25) is 9.69 Å². The van der Waals surface area contributed by atoms with Gasteiger partial charge >= 0.3 is 12.4 Å². The molecule has 4 heterocycles. The number of aromatic nitrogens is 1. The Labute approximate surface area is 258 Å². The Kier molecular flexibility index (Phi) is 7.92. The van der Waals surface area contributed by atoms with Gasteiger partial charge in [0.05, 0.1) is 60.3 Å². The SMILES string of the molecule is CC1(c2cc(C(F)(F)F)cc(C(F)(F)F)c2)CN(c2cnc(N3C[C@H]4COCCN4C[C@H]3CO)cc2-c2ccc(F)cc2O)C1=O. The summed E-state index contributed by atoms with van der Waals surface area (Å²) < 4.78 is 101. The summed E-state index contributed by atoms with van der Waals surface area (Å²) in [6.07, 6.45) is -8.86. The molecule has 0 radical (unpaired) electrons. The zero-order chi connectivity index (χ0) is 33.2. The van der Waals surface area contributed by atoms with E-state index in [-0.39, 0.29) is 48.1 Å². The fourth-order valence-electron chi connectivity index (χ4n) is 6.38. The Hall–Kier alpha value is -3.95. The fourth-order valence-corrected chi connectivity index (χ4v) is 6.38. The highest BCUT2D eigenvalue weighted by molar-refractivity contribution is 6.10. The molecule has 0 aliphatic carbocycles. The predicted octanol–water partition coefficient (Wildman–Crippen LogP) is 4.82. The van der Waals surface area contributed by atoms with E-state index in [1.54, 1.807) is 6.07 Å². The van der Waals surface area contributed by atoms with Crippen molar-refractivity contribution >= 4 is 17.4 Å². The van der Waals surface area contributed by atoms with Gasteiger partial charge in [0, 0.05) is 43.4 Å². The number of aliphatic hydroxyl groups excluding tert-OH is 1. The Bertz CT molecular complexity index is 1630. The molecule has 3 atom stereocenters. The number of amides is 1. The predicted molar refractivity (Wildman–Crippen MR) is 152 cm³/mol. The molecule has 0 spiro atoms. The van der Waals surface area contributed by atoms with Crippen molar-refractivity contribution in [2.75, 3.05) is 55.8 Å². The van der Waals surface area contributed by atoms with Crippen LogP contribution in [-0.2, 0) is 27.3 Å². The van der Waals surface area contributed by atoms with Crippen molar-refractivity contribution < 1.29 is 50.5 Å². The molecule has 8 nitrogen and oxygen atoms in total. The minimum atomic E-state index is -5.09. The van der Waals surface area contributed by atoms with Gasteiger partial charge in [0.1, 0.15) is 17.4 Å². The number of ether oxygens (including phenoxy) is 1. The van der Waals surface area contributed by atoms with Gasteiger partial charge in [-0.05, 0) is 48.9 Å². The molecular weight excluding hydrogens is 625 g/mol. The number of piperazine rings is 1. The van der Waals surface area contributed by atoms with Gasteiger partial charge in [-0.25, -0.2) is 9.37 Å². The minimum Gasteiger partial charge on any atom is -0.507 e. The largest absolute Gasteiger partial charge is 0.507 e. The molecule has 2 aromatic carbocycles. The zero-order valence-electron chi connectivity index (χ0n) is 24.4. The number of hydrogen-bond acceptors (Lipinski definition) is 7. The number of benzene rings is 2. The molecule has 3 fully saturated rings. The Morgan fingerprint density at radius 2 is 1.70 bits per heavy atom. The van der Waals surface area contributed by atoms with Crippen LogP contribution in [0.5, 0.6) is 5.75 Å². The number of hydrogen-bond donors (Lipinski definition) is 2. The normalized spacial score (nSPS) is 24.2. The lowest BCUT2D eigenvalue weighted by molar-refractivity contribution is -0.143. The van der Waals surface area contributed by atoms with Gasteiger partial charge in [-0.2, -0.15) is 26.3 Å². The van der Waals surface area contributed by atoms with Gasteiger partial charge < -0.3 is 24.7 Å². The molecule has 1 amide bonds. The third-order valence-electron chi connectivity index (χ3n) is 8.97. The maximum Gasteiger partial charge on any atom is 0.416 e. The second kappa shape index (κ2) is 11.4. The lowest BCUT2D eigenvalue weighted by Gasteiger charge is -2.49. The molecule has 0 saturated carbocycles. The Morgan fingerprint density at radius 3 is 2.30 bits per heavy atom. The third-order valence-corrected chi connectivity index (χ3v) is 8.97. The number of rotatable bonds is 5. The van der Waals surface area contributed by atoms with Gasteiger partial charge in [-0.1, -0.05) is 0 Å². The molecule has 3 aromatic rings. The molecule has 3 saturated heterocycles. The number of aromatic hydroxyl groups is 1. The van der Waals surface area contributed by atoms with Crippen molar-refractivity contribution in [3.8, 4) is 16.9 Å². The quantitative estimate of drug-likeness (QED) is 0.302. The first-order valence-corrected chi connectivity index (χ1v) is 14.4. The minimum absolute atomic E-state index is 0.00470. The number of phenols is 1. The first-order chi connectivity index (χ1) is 21.6. The van der Waals surface area contributed by atoms with Crippen LogP contribution in [0.4, 0.5) is 42.2 Å². The zero-order valence-corrected chi connectivity index (χ0v) is 24.4. The number of aliphatic hydroxyl groups is 1. The fraction of sp³-hybridized carbons (Fsp3) is 0.419. The van der Waals surface area contributed by atoms with Crippen LogP contribution in [0.15, 0.2) is 48.7 Å². The summed E-state index contributed by atoms with van der Waals surface area (Å²) in [5, 5.41) is 20.9. The third kappa shape index (κ3) is 5.64. The second-order valence-electron chi connectivity index (χ2n) is 12.0. The average Bonchev–Trinajstić information content (AvgIpc) is 3.01. The maximum absolute atomic E-state index is 14.0. The topological polar surface area (TPSA) is 89.4 Å². The van der Waals surface area contributed by atoms with E-state index in [1.165, 1.54) is 19.2 Å². The van der Waals surface area contributed by atoms with E-state index < -0.39 is 51.9 Å². The van der Waals surface area contributed by atoms with Gasteiger partial charge in [-0.15, -0.1) is 0 Å². The lowest BCUT2D eigenvalue weighted by atomic mass is 9.73. The molecular formula is C31H29F7N4O4. The number of pyridine rings is 1. The molecule has 6 rings (SSSR count). The summed E-state index contributed by atoms with van der Waals surface area (Å²) in [7, 11) is 0. The second-order valence-corrected chi connectivity index (χ2v) is 12.0. The van der Waals surface area contributed by atoms with E-state index in [1.807, 2.05) is 4.90 Å². The van der Waals surface area contributed by atoms with Crippen molar-refractivity contribution in [1.29, 1.82) is 0 Å². The molecule has 1 aromatic heterocycles. The standard InChI is InChI=1S/C31H29F7N4O4/c1-29(17-6-18(30(33,34)35)8-19(7-17)31(36,37)38)16-42(28(29)45)25-11-39-27(10-24(25)23-3-2-20(32)9-26(23)44)41-13-22-15-46-5-4-40(22)12-21(41)14-43/h2-3,6-11,21-22,43-44H,4-5,12-16H2,1H3/t21-,22-,29?/m0/s1. The number of morpholine rings is 1. The van der Waals surface area contributed by atoms with Crippen LogP contribution in [0.25, 0.3) is 11.1 Å². The Morgan fingerprint density at radius 1 is 1.00 bits per heavy atom. The number of anilines is 2. The van der Waals surface area contributed by atoms with E-state index in [0.717, 1.165) is 17.0 Å². The average molecular weight is 655 g/mol. The number of nitrogens with zero attached hydrogens (tertiary/aromatic N) is 4. The van der Waals surface area contributed by atoms with Crippen molar-refractivity contribution in [3.05, 3.63) is 71.2 Å². The van der Waals surface area contributed by atoms with Crippen LogP contribution in [0.1, 0.15) is 23.6 Å². The highest BCUT2D eigenvalue weighted by Crippen LogP contribution is 2.47. The number of carbonyl (C=O) groups is 1. The van der Waals surface area contributed by atoms with Gasteiger partial charge in [0.2, 0.25) is 5.91 Å². The molecule has 46 heavy (non-hydrogen) atoms. The van der Waals surface area contributed by atoms with E-state index in [2.05, 4.69) is 9.88 Å². The maximum atomic E-state index is 14.0. The molecule has 246 valence electrons. The van der Waals surface area contributed by atoms with Crippen LogP contribution in [0, 0.1) is 5.82 Å². The summed E-state index contributed by atoms with van der Waals surface area (Å²) in [5.74, 6) is -1.62. The first-order valence-electron chi connectivity index (χ1n) is 14.4. The number of phenolic OH excluding ortho intramolecular Hbond substituents is 1. The van der Waals surface area contributed by atoms with Gasteiger partial charge in [0.15, 0.2) is 0 Å². The molecule has 1 unspecified atom stereocenters. The molecule has 2 N–H and O–H groups in total. The molecule has 15 heteroatoms. The first kappa shape index (κ1) is 32.0. The number of carbonyl (C=O) groups excluding carboxylic acids is 1. The summed E-state index contributed by atoms with van der Waals surface area (Å²) in [6, 6.07) is 5.55. The summed E-state index contributed by atoms with van der Waals surface area (Å²) in [6.45, 7) is 3.43. The highest BCUT2D eigenvalue weighted by atomic mass is 19.4. The number of fused-ring (bicyclic) bond motifs is 1. The van der Waals surface area contributed by atoms with Crippen LogP contribution in [0.3, 0.4) is 0 Å². The van der Waals surface area contributed by atoms with Crippen LogP contribution in [-0.4, -0.2) is 84.1 Å². The summed E-state index contributed by atoms with van der Waals surface area (Å²) >= 11 is 0. The Balaban J connectivity index is 1.40. The number of β-lactam (4-membered cyclic amide) rings is 1. The van der Waals surface area contributed by atoms with Crippen molar-refractivity contribution in [2.24, 2.45) is 0 Å². The van der Waals surface area contributed by atoms with E-state index >= 15 is 0 Å². The lowest BCUT2D eigenvalue weighted by Crippen LogP contribution is -2.63. The van der Waals surface area contributed by atoms with E-state index in [0.29, 0.717) is 50.8 Å². The van der Waals surface area contributed by atoms with Gasteiger partial charge in [0.25, 0.3) is 0 Å². The van der Waals surface area contributed by atoms with Crippen molar-refractivity contribution in [3.63, 3.8) is 0 Å². The molecule has 3 aliphatic heterocycles. The molecule has 3 aliphatic rings. The monoisotopic (exact) mass is 654 g/mol.